The molecule has 1 heterocycles. The summed E-state index contributed by atoms with van der Waals surface area (Å²) < 4.78 is 0. The van der Waals surface area contributed by atoms with Gasteiger partial charge in [-0.05, 0) is 45.6 Å². The van der Waals surface area contributed by atoms with Crippen molar-refractivity contribution in [1.29, 1.82) is 0 Å². The Hall–Kier alpha value is -1.32. The number of H-pyrrole nitrogens is 1. The molecule has 0 radical (unpaired) electrons. The van der Waals surface area contributed by atoms with Gasteiger partial charge in [0.2, 0.25) is 0 Å². The predicted molar refractivity (Wildman–Crippen MR) is 80.3 cm³/mol. The SMILES string of the molecule is CNCC1(C(c2c[nH]c3ccccc23)N(C)C)CC1. The molecule has 0 amide bonds. The van der Waals surface area contributed by atoms with Crippen LogP contribution in [0.3, 0.4) is 0 Å². The summed E-state index contributed by atoms with van der Waals surface area (Å²) in [5.74, 6) is 0. The van der Waals surface area contributed by atoms with Crippen LogP contribution in [-0.2, 0) is 0 Å². The van der Waals surface area contributed by atoms with Gasteiger partial charge in [0, 0.05) is 35.1 Å². The molecule has 0 spiro atoms. The van der Waals surface area contributed by atoms with Crippen molar-refractivity contribution >= 4 is 10.9 Å². The summed E-state index contributed by atoms with van der Waals surface area (Å²) in [5, 5.41) is 4.74. The number of fused-ring (bicyclic) bond motifs is 1. The topological polar surface area (TPSA) is 31.1 Å². The minimum Gasteiger partial charge on any atom is -0.361 e. The third kappa shape index (κ3) is 2.07. The summed E-state index contributed by atoms with van der Waals surface area (Å²) in [7, 11) is 6.45. The van der Waals surface area contributed by atoms with Gasteiger partial charge in [-0.15, -0.1) is 0 Å². The van der Waals surface area contributed by atoms with Gasteiger partial charge >= 0.3 is 0 Å². The van der Waals surface area contributed by atoms with Crippen molar-refractivity contribution in [2.45, 2.75) is 18.9 Å². The molecule has 1 saturated carbocycles. The molecule has 1 aromatic heterocycles. The van der Waals surface area contributed by atoms with Crippen LogP contribution in [0.15, 0.2) is 30.5 Å². The molecule has 1 aliphatic carbocycles. The van der Waals surface area contributed by atoms with E-state index in [1.165, 1.54) is 29.3 Å². The molecule has 19 heavy (non-hydrogen) atoms. The molecular formula is C16H23N3. The Morgan fingerprint density at radius 1 is 1.32 bits per heavy atom. The second-order valence-corrected chi connectivity index (χ2v) is 6.05. The van der Waals surface area contributed by atoms with E-state index < -0.39 is 0 Å². The summed E-state index contributed by atoms with van der Waals surface area (Å²) in [6, 6.07) is 9.09. The lowest BCUT2D eigenvalue weighted by molar-refractivity contribution is 0.193. The summed E-state index contributed by atoms with van der Waals surface area (Å²) in [6.07, 6.45) is 4.83. The van der Waals surface area contributed by atoms with Crippen LogP contribution in [0.2, 0.25) is 0 Å². The van der Waals surface area contributed by atoms with Gasteiger partial charge in [-0.1, -0.05) is 18.2 Å². The second-order valence-electron chi connectivity index (χ2n) is 6.05. The lowest BCUT2D eigenvalue weighted by atomic mass is 9.88. The molecule has 1 atom stereocenters. The number of para-hydroxylation sites is 1. The van der Waals surface area contributed by atoms with Gasteiger partial charge in [0.05, 0.1) is 0 Å². The number of aromatic amines is 1. The van der Waals surface area contributed by atoms with Crippen LogP contribution in [0.25, 0.3) is 10.9 Å². The first-order valence-electron chi connectivity index (χ1n) is 7.05. The highest BCUT2D eigenvalue weighted by atomic mass is 15.1. The fraction of sp³-hybridized carbons (Fsp3) is 0.500. The smallest absolute Gasteiger partial charge is 0.0457 e. The van der Waals surface area contributed by atoms with Crippen molar-refractivity contribution < 1.29 is 0 Å². The third-order valence-electron chi connectivity index (χ3n) is 4.43. The van der Waals surface area contributed by atoms with Crippen LogP contribution in [-0.4, -0.2) is 37.6 Å². The molecule has 102 valence electrons. The molecule has 1 aliphatic rings. The number of nitrogens with zero attached hydrogens (tertiary/aromatic N) is 1. The Labute approximate surface area is 115 Å². The second kappa shape index (κ2) is 4.66. The Balaban J connectivity index is 2.06. The fourth-order valence-electron chi connectivity index (χ4n) is 3.54. The van der Waals surface area contributed by atoms with Crippen LogP contribution < -0.4 is 5.32 Å². The summed E-state index contributed by atoms with van der Waals surface area (Å²) in [6.45, 7) is 1.09. The molecule has 1 unspecified atom stereocenters. The standard InChI is InChI=1S/C16H23N3/c1-17-11-16(8-9-16)15(19(2)3)13-10-18-14-7-5-4-6-12(13)14/h4-7,10,15,17-18H,8-9,11H2,1-3H3. The molecule has 2 N–H and O–H groups in total. The highest BCUT2D eigenvalue weighted by Crippen LogP contribution is 2.57. The molecule has 1 aromatic carbocycles. The average molecular weight is 257 g/mol. The van der Waals surface area contributed by atoms with E-state index in [1.807, 2.05) is 0 Å². The van der Waals surface area contributed by atoms with E-state index in [-0.39, 0.29) is 0 Å². The van der Waals surface area contributed by atoms with Crippen LogP contribution in [0, 0.1) is 5.41 Å². The van der Waals surface area contributed by atoms with Crippen LogP contribution in [0.4, 0.5) is 0 Å². The van der Waals surface area contributed by atoms with Gasteiger partial charge < -0.3 is 15.2 Å². The zero-order valence-electron chi connectivity index (χ0n) is 12.0. The van der Waals surface area contributed by atoms with Gasteiger partial charge in [0.15, 0.2) is 0 Å². The van der Waals surface area contributed by atoms with E-state index in [1.54, 1.807) is 0 Å². The molecule has 0 saturated heterocycles. The lowest BCUT2D eigenvalue weighted by Crippen LogP contribution is -2.34. The third-order valence-corrected chi connectivity index (χ3v) is 4.43. The van der Waals surface area contributed by atoms with Crippen molar-refractivity contribution in [3.63, 3.8) is 0 Å². The quantitative estimate of drug-likeness (QED) is 0.863. The Bertz CT molecular complexity index is 566. The molecule has 2 aromatic rings. The minimum atomic E-state index is 0.406. The lowest BCUT2D eigenvalue weighted by Gasteiger charge is -2.32. The number of benzene rings is 1. The molecular weight excluding hydrogens is 234 g/mol. The van der Waals surface area contributed by atoms with Crippen LogP contribution >= 0.6 is 0 Å². The van der Waals surface area contributed by atoms with Gasteiger partial charge in [-0.3, -0.25) is 0 Å². The number of nitrogens with one attached hydrogen (secondary N) is 2. The van der Waals surface area contributed by atoms with Gasteiger partial charge in [0.1, 0.15) is 0 Å². The monoisotopic (exact) mass is 257 g/mol. The van der Waals surface area contributed by atoms with E-state index in [2.05, 4.69) is 66.8 Å². The maximum atomic E-state index is 3.42. The zero-order valence-corrected chi connectivity index (χ0v) is 12.0. The van der Waals surface area contributed by atoms with Gasteiger partial charge in [-0.2, -0.15) is 0 Å². The van der Waals surface area contributed by atoms with Gasteiger partial charge in [0.25, 0.3) is 0 Å². The highest BCUT2D eigenvalue weighted by molar-refractivity contribution is 5.83. The molecule has 1 fully saturated rings. The van der Waals surface area contributed by atoms with Crippen LogP contribution in [0.1, 0.15) is 24.4 Å². The maximum Gasteiger partial charge on any atom is 0.0457 e. The van der Waals surface area contributed by atoms with Crippen molar-refractivity contribution in [2.24, 2.45) is 5.41 Å². The Kier molecular flexibility index (Phi) is 3.11. The maximum absolute atomic E-state index is 3.42. The summed E-state index contributed by atoms with van der Waals surface area (Å²) >= 11 is 0. The first kappa shape index (κ1) is 12.7. The van der Waals surface area contributed by atoms with Crippen molar-refractivity contribution in [1.82, 2.24) is 15.2 Å². The molecule has 3 heteroatoms. The number of hydrogen-bond acceptors (Lipinski definition) is 2. The van der Waals surface area contributed by atoms with E-state index in [4.69, 9.17) is 0 Å². The molecule has 0 aliphatic heterocycles. The average Bonchev–Trinajstić information content (AvgIpc) is 3.03. The van der Waals surface area contributed by atoms with Crippen molar-refractivity contribution in [2.75, 3.05) is 27.7 Å². The van der Waals surface area contributed by atoms with Crippen LogP contribution in [0.5, 0.6) is 0 Å². The molecule has 3 nitrogen and oxygen atoms in total. The molecule has 3 rings (SSSR count). The minimum absolute atomic E-state index is 0.406. The predicted octanol–water partition coefficient (Wildman–Crippen LogP) is 2.77. The highest BCUT2D eigenvalue weighted by Gasteiger charge is 2.50. The fourth-order valence-corrected chi connectivity index (χ4v) is 3.54. The first-order chi connectivity index (χ1) is 9.18. The summed E-state index contributed by atoms with van der Waals surface area (Å²) in [4.78, 5) is 5.79. The van der Waals surface area contributed by atoms with Crippen molar-refractivity contribution in [3.8, 4) is 0 Å². The Morgan fingerprint density at radius 2 is 2.05 bits per heavy atom. The van der Waals surface area contributed by atoms with E-state index in [0.29, 0.717) is 11.5 Å². The van der Waals surface area contributed by atoms with Gasteiger partial charge in [-0.25, -0.2) is 0 Å². The normalized spacial score (nSPS) is 18.9. The Morgan fingerprint density at radius 3 is 2.68 bits per heavy atom. The largest absolute Gasteiger partial charge is 0.361 e. The number of hydrogen-bond donors (Lipinski definition) is 2. The first-order valence-corrected chi connectivity index (χ1v) is 7.05. The van der Waals surface area contributed by atoms with E-state index in [9.17, 15) is 0 Å². The molecule has 0 bridgehead atoms. The van der Waals surface area contributed by atoms with Crippen molar-refractivity contribution in [3.05, 3.63) is 36.0 Å². The summed E-state index contributed by atoms with van der Waals surface area (Å²) in [5.41, 5.74) is 3.08. The van der Waals surface area contributed by atoms with E-state index >= 15 is 0 Å². The zero-order chi connectivity index (χ0) is 13.5. The number of rotatable bonds is 5. The number of aromatic nitrogens is 1. The van der Waals surface area contributed by atoms with E-state index in [0.717, 1.165) is 6.54 Å².